The number of anilines is 2. The van der Waals surface area contributed by atoms with E-state index in [4.69, 9.17) is 5.73 Å². The number of amides is 1. The van der Waals surface area contributed by atoms with E-state index in [1.807, 2.05) is 4.90 Å². The average molecular weight is 293 g/mol. The van der Waals surface area contributed by atoms with Gasteiger partial charge in [0.15, 0.2) is 0 Å². The molecule has 2 aliphatic heterocycles. The van der Waals surface area contributed by atoms with Gasteiger partial charge in [-0.15, -0.1) is 0 Å². The van der Waals surface area contributed by atoms with Gasteiger partial charge in [0.05, 0.1) is 17.0 Å². The van der Waals surface area contributed by atoms with Gasteiger partial charge in [0, 0.05) is 19.2 Å². The van der Waals surface area contributed by atoms with Crippen LogP contribution in [-0.2, 0) is 0 Å². The molecule has 3 heterocycles. The number of carbonyl (C=O) groups is 1. The van der Waals surface area contributed by atoms with E-state index in [1.54, 1.807) is 6.07 Å². The van der Waals surface area contributed by atoms with E-state index >= 15 is 0 Å². The highest BCUT2D eigenvalue weighted by molar-refractivity contribution is 5.67. The van der Waals surface area contributed by atoms with Crippen LogP contribution in [0.25, 0.3) is 0 Å². The molecular formula is C12H15N5O4. The Labute approximate surface area is 120 Å². The van der Waals surface area contributed by atoms with E-state index in [9.17, 15) is 20.0 Å². The van der Waals surface area contributed by atoms with E-state index in [0.29, 0.717) is 18.9 Å². The number of nitro groups is 1. The lowest BCUT2D eigenvalue weighted by molar-refractivity contribution is -0.384. The van der Waals surface area contributed by atoms with Gasteiger partial charge in [0.2, 0.25) is 5.82 Å². The first-order valence-corrected chi connectivity index (χ1v) is 6.64. The van der Waals surface area contributed by atoms with Crippen LogP contribution < -0.4 is 10.6 Å². The molecule has 1 aromatic rings. The molecule has 1 amide bonds. The molecule has 3 rings (SSSR count). The minimum Gasteiger partial charge on any atom is -0.465 e. The van der Waals surface area contributed by atoms with Crippen LogP contribution in [0.5, 0.6) is 0 Å². The van der Waals surface area contributed by atoms with Gasteiger partial charge in [-0.05, 0) is 18.9 Å². The summed E-state index contributed by atoms with van der Waals surface area (Å²) in [6.07, 6.45) is 0.768. The summed E-state index contributed by atoms with van der Waals surface area (Å²) in [5.74, 6) is 0.436. The number of fused-ring (bicyclic) bond motifs is 2. The maximum absolute atomic E-state index is 11.2. The standard InChI is InChI=1S/C12H15N5O4/c13-11-9(17(20)21)3-4-10(14-11)15-5-7-1-2-8(6-15)16(7)12(18)19/h3-4,7-8H,1-2,5-6H2,(H2,13,14)(H,18,19)/t7-,8+. The van der Waals surface area contributed by atoms with E-state index in [1.165, 1.54) is 11.0 Å². The molecule has 9 nitrogen and oxygen atoms in total. The third-order valence-corrected chi connectivity index (χ3v) is 4.11. The Hall–Kier alpha value is -2.58. The second kappa shape index (κ2) is 4.76. The topological polar surface area (TPSA) is 126 Å². The summed E-state index contributed by atoms with van der Waals surface area (Å²) in [7, 11) is 0. The number of nitrogens with zero attached hydrogens (tertiary/aromatic N) is 4. The number of rotatable bonds is 2. The van der Waals surface area contributed by atoms with Gasteiger partial charge in [-0.2, -0.15) is 0 Å². The fourth-order valence-electron chi connectivity index (χ4n) is 3.19. The first kappa shape index (κ1) is 13.4. The minimum absolute atomic E-state index is 0.0560. The molecule has 0 saturated carbocycles. The van der Waals surface area contributed by atoms with Crippen LogP contribution in [0, 0.1) is 10.1 Å². The van der Waals surface area contributed by atoms with Crippen molar-refractivity contribution in [1.29, 1.82) is 0 Å². The molecule has 2 aliphatic rings. The van der Waals surface area contributed by atoms with E-state index in [0.717, 1.165) is 12.8 Å². The molecule has 0 aliphatic carbocycles. The normalized spacial score (nSPS) is 24.2. The van der Waals surface area contributed by atoms with Gasteiger partial charge < -0.3 is 15.7 Å². The quantitative estimate of drug-likeness (QED) is 0.612. The Bertz CT molecular complexity index is 593. The molecule has 0 aromatic carbocycles. The number of nitrogens with two attached hydrogens (primary N) is 1. The second-order valence-corrected chi connectivity index (χ2v) is 5.31. The van der Waals surface area contributed by atoms with Crippen molar-refractivity contribution in [3.63, 3.8) is 0 Å². The van der Waals surface area contributed by atoms with Crippen LogP contribution >= 0.6 is 0 Å². The smallest absolute Gasteiger partial charge is 0.407 e. The number of carboxylic acid groups (broad SMARTS) is 1. The molecule has 0 spiro atoms. The van der Waals surface area contributed by atoms with Crippen molar-refractivity contribution in [3.05, 3.63) is 22.2 Å². The molecule has 3 N–H and O–H groups in total. The van der Waals surface area contributed by atoms with Crippen LogP contribution in [0.15, 0.2) is 12.1 Å². The van der Waals surface area contributed by atoms with Crippen molar-refractivity contribution in [2.75, 3.05) is 23.7 Å². The SMILES string of the molecule is Nc1nc(N2C[C@H]3CC[C@@H](C2)N3C(=O)O)ccc1[N+](=O)[O-]. The fourth-order valence-corrected chi connectivity index (χ4v) is 3.19. The Kier molecular flexibility index (Phi) is 3.04. The van der Waals surface area contributed by atoms with Gasteiger partial charge in [0.1, 0.15) is 5.82 Å². The molecule has 2 saturated heterocycles. The average Bonchev–Trinajstić information content (AvgIpc) is 2.69. The van der Waals surface area contributed by atoms with Gasteiger partial charge in [-0.3, -0.25) is 15.0 Å². The molecular weight excluding hydrogens is 278 g/mol. The lowest BCUT2D eigenvalue weighted by Gasteiger charge is -2.40. The lowest BCUT2D eigenvalue weighted by atomic mass is 10.2. The maximum Gasteiger partial charge on any atom is 0.407 e. The summed E-state index contributed by atoms with van der Waals surface area (Å²) in [5, 5.41) is 20.0. The Morgan fingerprint density at radius 2 is 2.00 bits per heavy atom. The Morgan fingerprint density at radius 3 is 2.48 bits per heavy atom. The molecule has 21 heavy (non-hydrogen) atoms. The van der Waals surface area contributed by atoms with Crippen molar-refractivity contribution in [2.45, 2.75) is 24.9 Å². The highest BCUT2D eigenvalue weighted by atomic mass is 16.6. The Morgan fingerprint density at radius 1 is 1.38 bits per heavy atom. The van der Waals surface area contributed by atoms with Gasteiger partial charge in [-0.1, -0.05) is 0 Å². The van der Waals surface area contributed by atoms with Crippen molar-refractivity contribution in [1.82, 2.24) is 9.88 Å². The number of aromatic nitrogens is 1. The Balaban J connectivity index is 1.82. The van der Waals surface area contributed by atoms with Crippen LogP contribution in [0.2, 0.25) is 0 Å². The molecule has 0 radical (unpaired) electrons. The largest absolute Gasteiger partial charge is 0.465 e. The number of pyridine rings is 1. The monoisotopic (exact) mass is 293 g/mol. The summed E-state index contributed by atoms with van der Waals surface area (Å²) in [5.41, 5.74) is 5.39. The van der Waals surface area contributed by atoms with Crippen molar-refractivity contribution in [3.8, 4) is 0 Å². The third-order valence-electron chi connectivity index (χ3n) is 4.11. The molecule has 1 aromatic heterocycles. The summed E-state index contributed by atoms with van der Waals surface area (Å²) in [4.78, 5) is 28.9. The van der Waals surface area contributed by atoms with E-state index < -0.39 is 11.0 Å². The van der Waals surface area contributed by atoms with Crippen molar-refractivity contribution >= 4 is 23.4 Å². The number of hydrogen-bond acceptors (Lipinski definition) is 6. The van der Waals surface area contributed by atoms with Gasteiger partial charge >= 0.3 is 11.8 Å². The van der Waals surface area contributed by atoms with Gasteiger partial charge in [-0.25, -0.2) is 9.78 Å². The summed E-state index contributed by atoms with van der Waals surface area (Å²) in [6, 6.07) is 2.78. The molecule has 2 bridgehead atoms. The minimum atomic E-state index is -0.890. The predicted octanol–water partition coefficient (Wildman–Crippen LogP) is 0.903. The zero-order valence-corrected chi connectivity index (χ0v) is 11.2. The number of piperazine rings is 1. The molecule has 2 atom stereocenters. The number of nitrogen functional groups attached to an aromatic ring is 1. The predicted molar refractivity (Wildman–Crippen MR) is 74.2 cm³/mol. The fraction of sp³-hybridized carbons (Fsp3) is 0.500. The first-order chi connectivity index (χ1) is 9.97. The van der Waals surface area contributed by atoms with Crippen LogP contribution in [0.3, 0.4) is 0 Å². The molecule has 112 valence electrons. The van der Waals surface area contributed by atoms with Crippen LogP contribution in [0.1, 0.15) is 12.8 Å². The van der Waals surface area contributed by atoms with Crippen molar-refractivity contribution < 1.29 is 14.8 Å². The van der Waals surface area contributed by atoms with Crippen molar-refractivity contribution in [2.24, 2.45) is 0 Å². The molecule has 0 unspecified atom stereocenters. The molecule has 9 heteroatoms. The first-order valence-electron chi connectivity index (χ1n) is 6.64. The highest BCUT2D eigenvalue weighted by Gasteiger charge is 2.43. The summed E-state index contributed by atoms with van der Waals surface area (Å²) >= 11 is 0. The second-order valence-electron chi connectivity index (χ2n) is 5.31. The molecule has 2 fully saturated rings. The summed E-state index contributed by atoms with van der Waals surface area (Å²) in [6.45, 7) is 1.07. The lowest BCUT2D eigenvalue weighted by Crippen LogP contribution is -2.55. The van der Waals surface area contributed by atoms with Gasteiger partial charge in [0.25, 0.3) is 0 Å². The summed E-state index contributed by atoms with van der Waals surface area (Å²) < 4.78 is 0. The van der Waals surface area contributed by atoms with Crippen LogP contribution in [0.4, 0.5) is 22.1 Å². The van der Waals surface area contributed by atoms with E-state index in [2.05, 4.69) is 4.98 Å². The van der Waals surface area contributed by atoms with Crippen LogP contribution in [-0.4, -0.2) is 51.2 Å². The maximum atomic E-state index is 11.2. The zero-order valence-electron chi connectivity index (χ0n) is 11.2. The number of hydrogen-bond donors (Lipinski definition) is 2. The van der Waals surface area contributed by atoms with E-state index in [-0.39, 0.29) is 23.6 Å². The zero-order chi connectivity index (χ0) is 15.1. The third kappa shape index (κ3) is 2.20. The highest BCUT2D eigenvalue weighted by Crippen LogP contribution is 2.33.